The fourth-order valence-corrected chi connectivity index (χ4v) is 2.61. The molecular weight excluding hydrogens is 266 g/mol. The molecule has 1 saturated heterocycles. The second kappa shape index (κ2) is 7.62. The van der Waals surface area contributed by atoms with Crippen LogP contribution in [-0.2, 0) is 14.3 Å². The van der Waals surface area contributed by atoms with Gasteiger partial charge in [0, 0.05) is 18.7 Å². The normalized spacial score (nSPS) is 18.7. The Morgan fingerprint density at radius 1 is 1.29 bits per heavy atom. The zero-order chi connectivity index (χ0) is 15.1. The lowest BCUT2D eigenvalue weighted by Crippen LogP contribution is -2.44. The lowest BCUT2D eigenvalue weighted by atomic mass is 9.99. The number of hydrogen-bond acceptors (Lipinski definition) is 3. The van der Waals surface area contributed by atoms with Crippen LogP contribution >= 0.6 is 0 Å². The Bertz CT molecular complexity index is 510. The summed E-state index contributed by atoms with van der Waals surface area (Å²) in [5.41, 5.74) is 0.993. The summed E-state index contributed by atoms with van der Waals surface area (Å²) in [5.74, 6) is -0.292. The van der Waals surface area contributed by atoms with Crippen molar-refractivity contribution in [2.24, 2.45) is 0 Å². The van der Waals surface area contributed by atoms with Crippen LogP contribution in [0.2, 0.25) is 0 Å². The molecule has 1 aliphatic heterocycles. The Labute approximate surface area is 125 Å². The maximum atomic E-state index is 12.3. The Kier molecular flexibility index (Phi) is 5.55. The van der Waals surface area contributed by atoms with Gasteiger partial charge in [-0.3, -0.25) is 9.59 Å². The van der Waals surface area contributed by atoms with Crippen molar-refractivity contribution in [1.29, 1.82) is 0 Å². The summed E-state index contributed by atoms with van der Waals surface area (Å²) in [5, 5.41) is 0. The van der Waals surface area contributed by atoms with Gasteiger partial charge in [0.2, 0.25) is 5.91 Å². The topological polar surface area (TPSA) is 46.6 Å². The van der Waals surface area contributed by atoms with E-state index in [-0.39, 0.29) is 24.3 Å². The summed E-state index contributed by atoms with van der Waals surface area (Å²) >= 11 is 0. The van der Waals surface area contributed by atoms with Crippen molar-refractivity contribution in [3.63, 3.8) is 0 Å². The molecule has 4 heteroatoms. The van der Waals surface area contributed by atoms with Crippen LogP contribution in [0.5, 0.6) is 0 Å². The number of ether oxygens (including phenoxy) is 1. The molecule has 0 aromatic heterocycles. The maximum absolute atomic E-state index is 12.3. The molecule has 1 amide bonds. The molecule has 1 heterocycles. The van der Waals surface area contributed by atoms with Crippen molar-refractivity contribution in [2.75, 3.05) is 13.7 Å². The number of benzene rings is 1. The van der Waals surface area contributed by atoms with E-state index in [4.69, 9.17) is 4.74 Å². The van der Waals surface area contributed by atoms with E-state index in [1.54, 1.807) is 11.0 Å². The fraction of sp³-hybridized carbons (Fsp3) is 0.412. The molecule has 4 nitrogen and oxygen atoms in total. The summed E-state index contributed by atoms with van der Waals surface area (Å²) in [6.07, 6.45) is 6.58. The third kappa shape index (κ3) is 4.45. The zero-order valence-corrected chi connectivity index (χ0v) is 12.3. The van der Waals surface area contributed by atoms with Gasteiger partial charge in [-0.1, -0.05) is 30.3 Å². The van der Waals surface area contributed by atoms with Crippen molar-refractivity contribution >= 4 is 18.0 Å². The van der Waals surface area contributed by atoms with Crippen LogP contribution in [0, 0.1) is 0 Å². The highest BCUT2D eigenvalue weighted by Crippen LogP contribution is 2.20. The molecule has 1 aromatic rings. The third-order valence-electron chi connectivity index (χ3n) is 3.76. The lowest BCUT2D eigenvalue weighted by molar-refractivity contribution is -0.143. The molecule has 0 N–H and O–H groups in total. The highest BCUT2D eigenvalue weighted by atomic mass is 16.5. The Hall–Kier alpha value is -2.10. The monoisotopic (exact) mass is 287 g/mol. The number of nitrogens with zero attached hydrogens (tertiary/aromatic N) is 1. The number of hydrogen-bond donors (Lipinski definition) is 0. The van der Waals surface area contributed by atoms with Crippen LogP contribution in [0.25, 0.3) is 6.08 Å². The van der Waals surface area contributed by atoms with Gasteiger partial charge in [0.05, 0.1) is 13.5 Å². The van der Waals surface area contributed by atoms with Gasteiger partial charge in [0.25, 0.3) is 0 Å². The van der Waals surface area contributed by atoms with Gasteiger partial charge < -0.3 is 9.64 Å². The minimum atomic E-state index is -0.258. The minimum absolute atomic E-state index is 0.0348. The van der Waals surface area contributed by atoms with Gasteiger partial charge in [-0.2, -0.15) is 0 Å². The van der Waals surface area contributed by atoms with E-state index in [1.807, 2.05) is 36.4 Å². The molecule has 112 valence electrons. The van der Waals surface area contributed by atoms with Crippen molar-refractivity contribution in [2.45, 2.75) is 31.7 Å². The second-order valence-corrected chi connectivity index (χ2v) is 5.21. The van der Waals surface area contributed by atoms with Crippen molar-refractivity contribution in [3.8, 4) is 0 Å². The molecule has 1 aliphatic rings. The molecule has 1 unspecified atom stereocenters. The van der Waals surface area contributed by atoms with Crippen molar-refractivity contribution < 1.29 is 14.3 Å². The second-order valence-electron chi connectivity index (χ2n) is 5.21. The number of amides is 1. The molecule has 1 aromatic carbocycles. The average molecular weight is 287 g/mol. The summed E-state index contributed by atoms with van der Waals surface area (Å²) in [7, 11) is 1.38. The first-order chi connectivity index (χ1) is 10.2. The van der Waals surface area contributed by atoms with Gasteiger partial charge in [0.1, 0.15) is 0 Å². The van der Waals surface area contributed by atoms with Gasteiger partial charge in [-0.15, -0.1) is 0 Å². The van der Waals surface area contributed by atoms with E-state index in [9.17, 15) is 9.59 Å². The van der Waals surface area contributed by atoms with E-state index in [0.29, 0.717) is 6.54 Å². The van der Waals surface area contributed by atoms with Crippen molar-refractivity contribution in [3.05, 3.63) is 42.0 Å². The number of carbonyl (C=O) groups is 2. The van der Waals surface area contributed by atoms with E-state index in [0.717, 1.165) is 24.8 Å². The molecule has 0 aliphatic carbocycles. The molecule has 1 fully saturated rings. The molecule has 0 saturated carbocycles. The Balaban J connectivity index is 2.01. The molecule has 2 rings (SSSR count). The van der Waals surface area contributed by atoms with Crippen LogP contribution < -0.4 is 0 Å². The SMILES string of the molecule is COC(=O)CC1CCCCN1C(=O)C=Cc1ccccc1. The first-order valence-electron chi connectivity index (χ1n) is 7.31. The summed E-state index contributed by atoms with van der Waals surface area (Å²) in [6, 6.07) is 9.67. The lowest BCUT2D eigenvalue weighted by Gasteiger charge is -2.34. The fourth-order valence-electron chi connectivity index (χ4n) is 2.61. The maximum Gasteiger partial charge on any atom is 0.307 e. The van der Waals surface area contributed by atoms with Gasteiger partial charge in [0.15, 0.2) is 0 Å². The van der Waals surface area contributed by atoms with E-state index < -0.39 is 0 Å². The Morgan fingerprint density at radius 3 is 2.76 bits per heavy atom. The smallest absolute Gasteiger partial charge is 0.307 e. The van der Waals surface area contributed by atoms with E-state index in [1.165, 1.54) is 7.11 Å². The Morgan fingerprint density at radius 2 is 2.05 bits per heavy atom. The van der Waals surface area contributed by atoms with Gasteiger partial charge in [-0.05, 0) is 30.9 Å². The number of methoxy groups -OCH3 is 1. The molecular formula is C17H21NO3. The van der Waals surface area contributed by atoms with Crippen molar-refractivity contribution in [1.82, 2.24) is 4.90 Å². The largest absolute Gasteiger partial charge is 0.469 e. The quantitative estimate of drug-likeness (QED) is 0.632. The van der Waals surface area contributed by atoms with Crippen LogP contribution in [0.15, 0.2) is 36.4 Å². The molecule has 21 heavy (non-hydrogen) atoms. The first kappa shape index (κ1) is 15.3. The molecule has 0 spiro atoms. The number of rotatable bonds is 4. The van der Waals surface area contributed by atoms with E-state index in [2.05, 4.69) is 0 Å². The predicted octanol–water partition coefficient (Wildman–Crippen LogP) is 2.64. The highest BCUT2D eigenvalue weighted by Gasteiger charge is 2.27. The van der Waals surface area contributed by atoms with Crippen LogP contribution in [0.4, 0.5) is 0 Å². The van der Waals surface area contributed by atoms with E-state index >= 15 is 0 Å². The molecule has 1 atom stereocenters. The average Bonchev–Trinajstić information content (AvgIpc) is 2.54. The zero-order valence-electron chi connectivity index (χ0n) is 12.3. The number of carbonyl (C=O) groups excluding carboxylic acids is 2. The van der Waals surface area contributed by atoms with Crippen LogP contribution in [0.1, 0.15) is 31.2 Å². The highest BCUT2D eigenvalue weighted by molar-refractivity contribution is 5.92. The predicted molar refractivity (Wildman–Crippen MR) is 81.5 cm³/mol. The summed E-state index contributed by atoms with van der Waals surface area (Å²) in [4.78, 5) is 25.6. The van der Waals surface area contributed by atoms with Crippen LogP contribution in [0.3, 0.4) is 0 Å². The van der Waals surface area contributed by atoms with Crippen LogP contribution in [-0.4, -0.2) is 36.5 Å². The summed E-state index contributed by atoms with van der Waals surface area (Å²) in [6.45, 7) is 0.708. The number of esters is 1. The van der Waals surface area contributed by atoms with Gasteiger partial charge >= 0.3 is 5.97 Å². The third-order valence-corrected chi connectivity index (χ3v) is 3.76. The number of likely N-dealkylation sites (tertiary alicyclic amines) is 1. The molecule has 0 radical (unpaired) electrons. The summed E-state index contributed by atoms with van der Waals surface area (Å²) < 4.78 is 4.72. The standard InChI is InChI=1S/C17H21NO3/c1-21-17(20)13-15-9-5-6-12-18(15)16(19)11-10-14-7-3-2-4-8-14/h2-4,7-8,10-11,15H,5-6,9,12-13H2,1H3. The molecule has 0 bridgehead atoms. The minimum Gasteiger partial charge on any atom is -0.469 e. The van der Waals surface area contributed by atoms with Gasteiger partial charge in [-0.25, -0.2) is 0 Å². The first-order valence-corrected chi connectivity index (χ1v) is 7.31. The number of piperidine rings is 1.